The lowest BCUT2D eigenvalue weighted by atomic mass is 10.1. The largest absolute Gasteiger partial charge is 0.508 e. The summed E-state index contributed by atoms with van der Waals surface area (Å²) in [6.45, 7) is 3.54. The van der Waals surface area contributed by atoms with Crippen molar-refractivity contribution in [1.29, 1.82) is 0 Å². The highest BCUT2D eigenvalue weighted by Gasteiger charge is 2.22. The topological polar surface area (TPSA) is 95.5 Å². The van der Waals surface area contributed by atoms with Crippen LogP contribution in [0.2, 0.25) is 0 Å². The third kappa shape index (κ3) is 6.53. The Morgan fingerprint density at radius 3 is 2.55 bits per heavy atom. The van der Waals surface area contributed by atoms with Crippen LogP contribution in [-0.2, 0) is 21.2 Å². The summed E-state index contributed by atoms with van der Waals surface area (Å²) < 4.78 is 24.8. The molecule has 0 unspecified atom stereocenters. The van der Waals surface area contributed by atoms with Gasteiger partial charge in [-0.1, -0.05) is 12.1 Å². The molecule has 1 amide bonds. The van der Waals surface area contributed by atoms with Crippen molar-refractivity contribution in [2.24, 2.45) is 0 Å². The number of amides is 1. The Morgan fingerprint density at radius 2 is 2.00 bits per heavy atom. The predicted molar refractivity (Wildman–Crippen MR) is 76.9 cm³/mol. The fraction of sp³-hybridized carbons (Fsp3) is 0.462. The average molecular weight is 300 g/mol. The van der Waals surface area contributed by atoms with Crippen LogP contribution in [0.1, 0.15) is 19.4 Å². The number of hydrogen-bond acceptors (Lipinski definition) is 4. The molecule has 0 heterocycles. The van der Waals surface area contributed by atoms with Gasteiger partial charge in [0, 0.05) is 12.1 Å². The third-order valence-electron chi connectivity index (χ3n) is 2.46. The molecule has 3 N–H and O–H groups in total. The van der Waals surface area contributed by atoms with Crippen molar-refractivity contribution in [3.8, 4) is 5.75 Å². The number of benzene rings is 1. The minimum absolute atomic E-state index is 0.106. The Kier molecular flexibility index (Phi) is 5.13. The molecule has 0 aromatic heterocycles. The van der Waals surface area contributed by atoms with Crippen LogP contribution in [0.25, 0.3) is 0 Å². The number of aromatic hydroxyl groups is 1. The number of hydrogen-bond donors (Lipinski definition) is 3. The van der Waals surface area contributed by atoms with Gasteiger partial charge in [-0.15, -0.1) is 0 Å². The van der Waals surface area contributed by atoms with Crippen LogP contribution < -0.4 is 10.0 Å². The minimum atomic E-state index is -3.33. The molecule has 6 nitrogen and oxygen atoms in total. The van der Waals surface area contributed by atoms with Crippen LogP contribution in [0.4, 0.5) is 0 Å². The predicted octanol–water partition coefficient (Wildman–Crippen LogP) is 0.379. The van der Waals surface area contributed by atoms with Gasteiger partial charge in [0.15, 0.2) is 0 Å². The van der Waals surface area contributed by atoms with Gasteiger partial charge in [-0.2, -0.15) is 0 Å². The highest BCUT2D eigenvalue weighted by molar-refractivity contribution is 7.88. The Labute approximate surface area is 119 Å². The van der Waals surface area contributed by atoms with Gasteiger partial charge in [-0.05, 0) is 31.5 Å². The maximum Gasteiger partial charge on any atom is 0.224 e. The van der Waals surface area contributed by atoms with Gasteiger partial charge in [0.25, 0.3) is 0 Å². The average Bonchev–Trinajstić information content (AvgIpc) is 2.23. The molecular formula is C13H20N2O4S. The molecule has 0 aliphatic carbocycles. The number of sulfonamides is 1. The maximum absolute atomic E-state index is 11.8. The molecule has 7 heteroatoms. The smallest absolute Gasteiger partial charge is 0.224 e. The van der Waals surface area contributed by atoms with E-state index in [0.717, 1.165) is 6.26 Å². The molecule has 0 atom stereocenters. The van der Waals surface area contributed by atoms with E-state index in [-0.39, 0.29) is 24.6 Å². The van der Waals surface area contributed by atoms with Crippen molar-refractivity contribution in [1.82, 2.24) is 10.0 Å². The Hall–Kier alpha value is -1.60. The van der Waals surface area contributed by atoms with Crippen molar-refractivity contribution in [3.05, 3.63) is 29.8 Å². The van der Waals surface area contributed by atoms with Gasteiger partial charge < -0.3 is 10.4 Å². The summed E-state index contributed by atoms with van der Waals surface area (Å²) in [6, 6.07) is 6.44. The monoisotopic (exact) mass is 300 g/mol. The second-order valence-corrected chi connectivity index (χ2v) is 7.13. The fourth-order valence-electron chi connectivity index (χ4n) is 1.77. The summed E-state index contributed by atoms with van der Waals surface area (Å²) in [4.78, 5) is 11.8. The van der Waals surface area contributed by atoms with E-state index in [0.29, 0.717) is 5.56 Å². The molecule has 1 rings (SSSR count). The number of phenolic OH excluding ortho intramolecular Hbond substituents is 1. The molecule has 0 saturated heterocycles. The first kappa shape index (κ1) is 16.5. The Balaban J connectivity index is 2.51. The summed E-state index contributed by atoms with van der Waals surface area (Å²) in [5.41, 5.74) is -0.0707. The number of phenols is 1. The van der Waals surface area contributed by atoms with E-state index in [4.69, 9.17) is 0 Å². The molecule has 0 saturated carbocycles. The van der Waals surface area contributed by atoms with Crippen molar-refractivity contribution in [2.75, 3.05) is 12.8 Å². The Bertz CT molecular complexity index is 582. The minimum Gasteiger partial charge on any atom is -0.508 e. The summed E-state index contributed by atoms with van der Waals surface area (Å²) >= 11 is 0. The lowest BCUT2D eigenvalue weighted by Crippen LogP contribution is -2.51. The molecule has 0 bridgehead atoms. The molecule has 0 spiro atoms. The Morgan fingerprint density at radius 1 is 1.35 bits per heavy atom. The number of rotatable bonds is 6. The lowest BCUT2D eigenvalue weighted by molar-refractivity contribution is -0.120. The van der Waals surface area contributed by atoms with E-state index in [9.17, 15) is 18.3 Å². The summed E-state index contributed by atoms with van der Waals surface area (Å²) in [6.07, 6.45) is 1.20. The van der Waals surface area contributed by atoms with Gasteiger partial charge in [0.2, 0.25) is 15.9 Å². The quantitative estimate of drug-likeness (QED) is 0.707. The highest BCUT2D eigenvalue weighted by Crippen LogP contribution is 2.11. The SMILES string of the molecule is CC(C)(CNC(=O)Cc1cccc(O)c1)NS(C)(=O)=O. The van der Waals surface area contributed by atoms with Crippen LogP contribution in [0.5, 0.6) is 5.75 Å². The molecule has 0 aliphatic rings. The van der Waals surface area contributed by atoms with Gasteiger partial charge >= 0.3 is 0 Å². The zero-order chi connectivity index (χ0) is 15.4. The van der Waals surface area contributed by atoms with Gasteiger partial charge in [-0.25, -0.2) is 13.1 Å². The molecule has 0 aliphatic heterocycles. The summed E-state index contributed by atoms with van der Waals surface area (Å²) in [5.74, 6) is -0.131. The fourth-order valence-corrected chi connectivity index (χ4v) is 2.85. The first-order valence-electron chi connectivity index (χ1n) is 6.11. The van der Waals surface area contributed by atoms with E-state index in [1.807, 2.05) is 0 Å². The van der Waals surface area contributed by atoms with Gasteiger partial charge in [0.05, 0.1) is 12.7 Å². The van der Waals surface area contributed by atoms with Gasteiger partial charge in [-0.3, -0.25) is 4.79 Å². The maximum atomic E-state index is 11.8. The molecule has 112 valence electrons. The highest BCUT2D eigenvalue weighted by atomic mass is 32.2. The zero-order valence-corrected chi connectivity index (χ0v) is 12.6. The van der Waals surface area contributed by atoms with Crippen LogP contribution >= 0.6 is 0 Å². The van der Waals surface area contributed by atoms with E-state index in [1.165, 1.54) is 12.1 Å². The van der Waals surface area contributed by atoms with E-state index in [2.05, 4.69) is 10.0 Å². The second-order valence-electron chi connectivity index (χ2n) is 5.38. The molecular weight excluding hydrogens is 280 g/mol. The zero-order valence-electron chi connectivity index (χ0n) is 11.8. The van der Waals surface area contributed by atoms with Crippen molar-refractivity contribution in [3.63, 3.8) is 0 Å². The van der Waals surface area contributed by atoms with E-state index in [1.54, 1.807) is 26.0 Å². The van der Waals surface area contributed by atoms with Crippen LogP contribution in [0, 0.1) is 0 Å². The standard InChI is InChI=1S/C13H20N2O4S/c1-13(2,15-20(3,18)19)9-14-12(17)8-10-5-4-6-11(16)7-10/h4-7,15-16H,8-9H2,1-3H3,(H,14,17). The second kappa shape index (κ2) is 6.23. The summed E-state index contributed by atoms with van der Waals surface area (Å²) in [5, 5.41) is 12.0. The lowest BCUT2D eigenvalue weighted by Gasteiger charge is -2.25. The van der Waals surface area contributed by atoms with Crippen molar-refractivity contribution < 1.29 is 18.3 Å². The molecule has 0 fully saturated rings. The van der Waals surface area contributed by atoms with E-state index >= 15 is 0 Å². The van der Waals surface area contributed by atoms with E-state index < -0.39 is 15.6 Å². The first-order valence-corrected chi connectivity index (χ1v) is 8.00. The number of nitrogens with one attached hydrogen (secondary N) is 2. The van der Waals surface area contributed by atoms with Crippen LogP contribution in [0.3, 0.4) is 0 Å². The third-order valence-corrected chi connectivity index (χ3v) is 3.39. The van der Waals surface area contributed by atoms with Crippen LogP contribution in [-0.4, -0.2) is 37.8 Å². The molecule has 1 aromatic carbocycles. The molecule has 0 radical (unpaired) electrons. The van der Waals surface area contributed by atoms with Crippen molar-refractivity contribution in [2.45, 2.75) is 25.8 Å². The van der Waals surface area contributed by atoms with Crippen LogP contribution in [0.15, 0.2) is 24.3 Å². The first-order chi connectivity index (χ1) is 9.07. The van der Waals surface area contributed by atoms with Gasteiger partial charge in [0.1, 0.15) is 5.75 Å². The number of carbonyl (C=O) groups excluding carboxylic acids is 1. The molecule has 1 aromatic rings. The normalized spacial score (nSPS) is 12.2. The summed E-state index contributed by atoms with van der Waals surface area (Å²) in [7, 11) is -3.33. The number of carbonyl (C=O) groups is 1. The van der Waals surface area contributed by atoms with Crippen molar-refractivity contribution >= 4 is 15.9 Å². The molecule has 20 heavy (non-hydrogen) atoms.